The van der Waals surface area contributed by atoms with Crippen LogP contribution in [0.2, 0.25) is 0 Å². The topological polar surface area (TPSA) is 76.7 Å². The molecule has 132 valence electrons. The molecule has 25 heavy (non-hydrogen) atoms. The number of nitrogens with one attached hydrogen (secondary N) is 2. The molecule has 2 N–H and O–H groups in total. The second-order valence-electron chi connectivity index (χ2n) is 5.11. The van der Waals surface area contributed by atoms with Gasteiger partial charge in [0.05, 0.1) is 0 Å². The number of ether oxygens (including phenoxy) is 2. The van der Waals surface area contributed by atoms with E-state index >= 15 is 0 Å². The molecule has 0 spiro atoms. The van der Waals surface area contributed by atoms with Gasteiger partial charge in [0.15, 0.2) is 12.7 Å². The zero-order chi connectivity index (χ0) is 18.1. The SMILES string of the molecule is CCC(Oc1ccccc1)C(=O)NNC(=O)COc1ccc(Br)cc1. The molecule has 7 heteroatoms. The smallest absolute Gasteiger partial charge is 0.279 e. The average molecular weight is 407 g/mol. The van der Waals surface area contributed by atoms with Crippen molar-refractivity contribution >= 4 is 27.7 Å². The van der Waals surface area contributed by atoms with Gasteiger partial charge in [0.25, 0.3) is 11.8 Å². The van der Waals surface area contributed by atoms with Crippen LogP contribution in [0.25, 0.3) is 0 Å². The Bertz CT molecular complexity index is 692. The number of amides is 2. The number of carbonyl (C=O) groups is 2. The Morgan fingerprint density at radius 2 is 1.68 bits per heavy atom. The van der Waals surface area contributed by atoms with E-state index in [0.29, 0.717) is 17.9 Å². The highest BCUT2D eigenvalue weighted by Crippen LogP contribution is 2.16. The van der Waals surface area contributed by atoms with Crippen LogP contribution in [0, 0.1) is 0 Å². The summed E-state index contributed by atoms with van der Waals surface area (Å²) in [6.45, 7) is 1.61. The summed E-state index contributed by atoms with van der Waals surface area (Å²) in [7, 11) is 0. The average Bonchev–Trinajstić information content (AvgIpc) is 2.64. The largest absolute Gasteiger partial charge is 0.484 e. The molecule has 0 saturated heterocycles. The van der Waals surface area contributed by atoms with Crippen LogP contribution in [0.4, 0.5) is 0 Å². The number of para-hydroxylation sites is 1. The lowest BCUT2D eigenvalue weighted by Gasteiger charge is -2.17. The van der Waals surface area contributed by atoms with Crippen LogP contribution in [0.3, 0.4) is 0 Å². The van der Waals surface area contributed by atoms with E-state index in [1.165, 1.54) is 0 Å². The number of hydrogen-bond donors (Lipinski definition) is 2. The third kappa shape index (κ3) is 6.46. The molecule has 2 amide bonds. The summed E-state index contributed by atoms with van der Waals surface area (Å²) in [5.41, 5.74) is 4.66. The second kappa shape index (κ2) is 9.68. The molecule has 0 aliphatic carbocycles. The molecular formula is C18H19BrN2O4. The van der Waals surface area contributed by atoms with E-state index in [-0.39, 0.29) is 6.61 Å². The first-order chi connectivity index (χ1) is 12.1. The highest BCUT2D eigenvalue weighted by Gasteiger charge is 2.18. The van der Waals surface area contributed by atoms with Crippen LogP contribution in [0.1, 0.15) is 13.3 Å². The summed E-state index contributed by atoms with van der Waals surface area (Å²) in [6, 6.07) is 16.1. The van der Waals surface area contributed by atoms with Crippen molar-refractivity contribution in [1.82, 2.24) is 10.9 Å². The Morgan fingerprint density at radius 1 is 1.00 bits per heavy atom. The number of hydrogen-bond acceptors (Lipinski definition) is 4. The third-order valence-corrected chi connectivity index (χ3v) is 3.72. The summed E-state index contributed by atoms with van der Waals surface area (Å²) in [6.07, 6.45) is -0.235. The fourth-order valence-electron chi connectivity index (χ4n) is 1.91. The first-order valence-corrected chi connectivity index (χ1v) is 8.56. The Labute approximate surface area is 154 Å². The molecule has 6 nitrogen and oxygen atoms in total. The first-order valence-electron chi connectivity index (χ1n) is 7.77. The van der Waals surface area contributed by atoms with Crippen molar-refractivity contribution in [3.8, 4) is 11.5 Å². The highest BCUT2D eigenvalue weighted by molar-refractivity contribution is 9.10. The predicted molar refractivity (Wildman–Crippen MR) is 97.1 cm³/mol. The molecule has 0 heterocycles. The van der Waals surface area contributed by atoms with E-state index < -0.39 is 17.9 Å². The van der Waals surface area contributed by atoms with Crippen molar-refractivity contribution in [3.05, 3.63) is 59.1 Å². The molecule has 0 fully saturated rings. The van der Waals surface area contributed by atoms with Crippen molar-refractivity contribution in [1.29, 1.82) is 0 Å². The minimum absolute atomic E-state index is 0.210. The van der Waals surface area contributed by atoms with Gasteiger partial charge in [-0.15, -0.1) is 0 Å². The number of hydrazine groups is 1. The number of halogens is 1. The van der Waals surface area contributed by atoms with Gasteiger partial charge in [0.2, 0.25) is 0 Å². The Morgan fingerprint density at radius 3 is 2.32 bits per heavy atom. The summed E-state index contributed by atoms with van der Waals surface area (Å²) < 4.78 is 11.8. The first kappa shape index (κ1) is 18.8. The number of benzene rings is 2. The van der Waals surface area contributed by atoms with E-state index in [1.807, 2.05) is 37.3 Å². The van der Waals surface area contributed by atoms with Gasteiger partial charge < -0.3 is 9.47 Å². The van der Waals surface area contributed by atoms with E-state index in [2.05, 4.69) is 26.8 Å². The Balaban J connectivity index is 1.75. The van der Waals surface area contributed by atoms with Crippen LogP contribution in [0.15, 0.2) is 59.1 Å². The maximum Gasteiger partial charge on any atom is 0.279 e. The zero-order valence-electron chi connectivity index (χ0n) is 13.7. The quantitative estimate of drug-likeness (QED) is 0.693. The molecule has 0 bridgehead atoms. The monoisotopic (exact) mass is 406 g/mol. The molecule has 1 atom stereocenters. The number of rotatable bonds is 7. The Hall–Kier alpha value is -2.54. The maximum atomic E-state index is 12.1. The van der Waals surface area contributed by atoms with Crippen molar-refractivity contribution in [2.45, 2.75) is 19.4 Å². The minimum atomic E-state index is -0.699. The molecule has 0 saturated carbocycles. The van der Waals surface area contributed by atoms with E-state index in [1.54, 1.807) is 24.3 Å². The van der Waals surface area contributed by atoms with Crippen molar-refractivity contribution in [2.24, 2.45) is 0 Å². The lowest BCUT2D eigenvalue weighted by Crippen LogP contribution is -2.49. The van der Waals surface area contributed by atoms with Gasteiger partial charge in [-0.3, -0.25) is 20.4 Å². The lowest BCUT2D eigenvalue weighted by atomic mass is 10.2. The summed E-state index contributed by atoms with van der Waals surface area (Å²) in [4.78, 5) is 23.9. The van der Waals surface area contributed by atoms with Gasteiger partial charge in [-0.1, -0.05) is 41.1 Å². The molecular weight excluding hydrogens is 388 g/mol. The minimum Gasteiger partial charge on any atom is -0.484 e. The van der Waals surface area contributed by atoms with Crippen molar-refractivity contribution in [2.75, 3.05) is 6.61 Å². The fourth-order valence-corrected chi connectivity index (χ4v) is 2.18. The summed E-state index contributed by atoms with van der Waals surface area (Å²) >= 11 is 3.32. The second-order valence-corrected chi connectivity index (χ2v) is 6.02. The summed E-state index contributed by atoms with van der Waals surface area (Å²) in [5.74, 6) is 0.257. The van der Waals surface area contributed by atoms with Crippen molar-refractivity contribution in [3.63, 3.8) is 0 Å². The standard InChI is InChI=1S/C18H19BrN2O4/c1-2-16(25-15-6-4-3-5-7-15)18(23)21-20-17(22)12-24-14-10-8-13(19)9-11-14/h3-11,16H,2,12H2,1H3,(H,20,22)(H,21,23). The normalized spacial score (nSPS) is 11.3. The molecule has 2 aromatic carbocycles. The maximum absolute atomic E-state index is 12.1. The molecule has 0 aliphatic heterocycles. The molecule has 0 radical (unpaired) electrons. The van der Waals surface area contributed by atoms with E-state index in [0.717, 1.165) is 4.47 Å². The highest BCUT2D eigenvalue weighted by atomic mass is 79.9. The summed E-state index contributed by atoms with van der Waals surface area (Å²) in [5, 5.41) is 0. The van der Waals surface area contributed by atoms with Crippen LogP contribution >= 0.6 is 15.9 Å². The molecule has 1 unspecified atom stereocenters. The van der Waals surface area contributed by atoms with Gasteiger partial charge in [0, 0.05) is 4.47 Å². The molecule has 2 rings (SSSR count). The van der Waals surface area contributed by atoms with Gasteiger partial charge >= 0.3 is 0 Å². The van der Waals surface area contributed by atoms with Gasteiger partial charge in [0.1, 0.15) is 11.5 Å². The van der Waals surface area contributed by atoms with Crippen molar-refractivity contribution < 1.29 is 19.1 Å². The van der Waals surface area contributed by atoms with Crippen LogP contribution < -0.4 is 20.3 Å². The van der Waals surface area contributed by atoms with E-state index in [4.69, 9.17) is 9.47 Å². The van der Waals surface area contributed by atoms with Crippen LogP contribution in [0.5, 0.6) is 11.5 Å². The van der Waals surface area contributed by atoms with Gasteiger partial charge in [-0.05, 0) is 42.8 Å². The molecule has 0 aromatic heterocycles. The van der Waals surface area contributed by atoms with Gasteiger partial charge in [-0.25, -0.2) is 0 Å². The lowest BCUT2D eigenvalue weighted by molar-refractivity contribution is -0.134. The third-order valence-electron chi connectivity index (χ3n) is 3.19. The predicted octanol–water partition coefficient (Wildman–Crippen LogP) is 2.83. The zero-order valence-corrected chi connectivity index (χ0v) is 15.3. The fraction of sp³-hybridized carbons (Fsp3) is 0.222. The van der Waals surface area contributed by atoms with Gasteiger partial charge in [-0.2, -0.15) is 0 Å². The molecule has 2 aromatic rings. The number of carbonyl (C=O) groups excluding carboxylic acids is 2. The van der Waals surface area contributed by atoms with Crippen LogP contribution in [-0.2, 0) is 9.59 Å². The van der Waals surface area contributed by atoms with Crippen LogP contribution in [-0.4, -0.2) is 24.5 Å². The molecule has 0 aliphatic rings. The Kier molecular flexibility index (Phi) is 7.28. The van der Waals surface area contributed by atoms with E-state index in [9.17, 15) is 9.59 Å².